The molecule has 0 aliphatic rings. The molecular weight excluding hydrogens is 401 g/mol. The average molecular weight is 405 g/mol. The SMILES string of the molecule is O=S(=O)(Cl)c1nc(CBr)c(OC(F)(F)F)cc1C(F)F. The first kappa shape index (κ1) is 17.4. The molecular formula is C8H4BrClF5NO3S. The van der Waals surface area contributed by atoms with Gasteiger partial charge in [0, 0.05) is 16.0 Å². The number of pyridine rings is 1. The molecule has 0 amide bonds. The van der Waals surface area contributed by atoms with Gasteiger partial charge in [-0.25, -0.2) is 22.2 Å². The summed E-state index contributed by atoms with van der Waals surface area (Å²) in [5, 5.41) is -1.57. The molecule has 0 N–H and O–H groups in total. The Bertz CT molecular complexity index is 607. The quantitative estimate of drug-likeness (QED) is 0.436. The molecule has 1 rings (SSSR count). The highest BCUT2D eigenvalue weighted by molar-refractivity contribution is 9.08. The molecule has 0 radical (unpaired) electrons. The Hall–Kier alpha value is -0.680. The summed E-state index contributed by atoms with van der Waals surface area (Å²) in [6.07, 6.45) is -8.54. The molecule has 0 saturated heterocycles. The second-order valence-corrected chi connectivity index (χ2v) is 6.29. The van der Waals surface area contributed by atoms with E-state index in [0.717, 1.165) is 0 Å². The van der Waals surface area contributed by atoms with E-state index in [1.54, 1.807) is 0 Å². The number of halogens is 7. The van der Waals surface area contributed by atoms with Gasteiger partial charge in [-0.15, -0.1) is 13.2 Å². The van der Waals surface area contributed by atoms with Crippen LogP contribution in [-0.2, 0) is 14.4 Å². The zero-order valence-electron chi connectivity index (χ0n) is 9.09. The Labute approximate surface area is 122 Å². The van der Waals surface area contributed by atoms with Crippen LogP contribution in [0.3, 0.4) is 0 Å². The zero-order valence-corrected chi connectivity index (χ0v) is 12.2. The molecule has 4 nitrogen and oxygen atoms in total. The van der Waals surface area contributed by atoms with Gasteiger partial charge in [0.1, 0.15) is 0 Å². The third-order valence-corrected chi connectivity index (χ3v) is 3.63. The Morgan fingerprint density at radius 3 is 2.30 bits per heavy atom. The molecule has 20 heavy (non-hydrogen) atoms. The second kappa shape index (κ2) is 5.98. The van der Waals surface area contributed by atoms with Crippen molar-refractivity contribution in [3.63, 3.8) is 0 Å². The Kier molecular flexibility index (Phi) is 5.19. The van der Waals surface area contributed by atoms with Crippen molar-refractivity contribution in [3.05, 3.63) is 17.3 Å². The fraction of sp³-hybridized carbons (Fsp3) is 0.375. The highest BCUT2D eigenvalue weighted by Gasteiger charge is 2.34. The first-order chi connectivity index (χ1) is 8.95. The molecule has 114 valence electrons. The second-order valence-electron chi connectivity index (χ2n) is 3.25. The van der Waals surface area contributed by atoms with Crippen LogP contribution in [0.4, 0.5) is 22.0 Å². The number of hydrogen-bond donors (Lipinski definition) is 0. The first-order valence-corrected chi connectivity index (χ1v) is 7.97. The molecule has 0 aliphatic carbocycles. The molecule has 0 spiro atoms. The first-order valence-electron chi connectivity index (χ1n) is 4.54. The summed E-state index contributed by atoms with van der Waals surface area (Å²) in [5.41, 5.74) is -1.81. The van der Waals surface area contributed by atoms with Crippen molar-refractivity contribution in [2.45, 2.75) is 23.1 Å². The lowest BCUT2D eigenvalue weighted by molar-refractivity contribution is -0.275. The van der Waals surface area contributed by atoms with Gasteiger partial charge in [-0.2, -0.15) is 0 Å². The average Bonchev–Trinajstić information content (AvgIpc) is 2.24. The topological polar surface area (TPSA) is 56.3 Å². The summed E-state index contributed by atoms with van der Waals surface area (Å²) in [4.78, 5) is 3.20. The molecule has 0 aliphatic heterocycles. The Morgan fingerprint density at radius 2 is 1.95 bits per heavy atom. The number of hydrogen-bond acceptors (Lipinski definition) is 4. The summed E-state index contributed by atoms with van der Waals surface area (Å²) < 4.78 is 87.5. The molecule has 0 bridgehead atoms. The van der Waals surface area contributed by atoms with Crippen molar-refractivity contribution in [1.82, 2.24) is 4.98 Å². The number of rotatable bonds is 4. The summed E-state index contributed by atoms with van der Waals surface area (Å²) in [7, 11) is 0.272. The molecule has 12 heteroatoms. The third-order valence-electron chi connectivity index (χ3n) is 1.87. The van der Waals surface area contributed by atoms with Gasteiger partial charge in [0.25, 0.3) is 15.5 Å². The molecule has 0 fully saturated rings. The predicted octanol–water partition coefficient (Wildman–Crippen LogP) is 3.74. The van der Waals surface area contributed by atoms with Gasteiger partial charge in [-0.1, -0.05) is 15.9 Å². The van der Waals surface area contributed by atoms with Crippen molar-refractivity contribution in [2.24, 2.45) is 0 Å². The molecule has 1 heterocycles. The molecule has 1 aromatic rings. The van der Waals surface area contributed by atoms with Gasteiger partial charge in [0.05, 0.1) is 11.3 Å². The van der Waals surface area contributed by atoms with Crippen LogP contribution in [0.2, 0.25) is 0 Å². The van der Waals surface area contributed by atoms with Gasteiger partial charge in [0.2, 0.25) is 0 Å². The number of nitrogens with zero attached hydrogens (tertiary/aromatic N) is 1. The maximum atomic E-state index is 12.7. The van der Waals surface area contributed by atoms with Crippen LogP contribution in [0.5, 0.6) is 5.75 Å². The van der Waals surface area contributed by atoms with E-state index in [2.05, 4.69) is 25.7 Å². The van der Waals surface area contributed by atoms with Crippen LogP contribution >= 0.6 is 26.6 Å². The van der Waals surface area contributed by atoms with E-state index in [1.807, 2.05) is 0 Å². The fourth-order valence-corrected chi connectivity index (χ4v) is 2.61. The van der Waals surface area contributed by atoms with Gasteiger partial charge < -0.3 is 4.74 Å². The minimum atomic E-state index is -5.14. The molecule has 1 aromatic heterocycles. The number of ether oxygens (including phenoxy) is 1. The van der Waals surface area contributed by atoms with E-state index < -0.39 is 43.9 Å². The monoisotopic (exact) mass is 403 g/mol. The summed E-state index contributed by atoms with van der Waals surface area (Å²) in [6.45, 7) is 0. The van der Waals surface area contributed by atoms with Crippen LogP contribution in [0.1, 0.15) is 17.7 Å². The molecule has 0 saturated carbocycles. The predicted molar refractivity (Wildman–Crippen MR) is 61.5 cm³/mol. The Morgan fingerprint density at radius 1 is 1.40 bits per heavy atom. The van der Waals surface area contributed by atoms with Crippen LogP contribution in [-0.4, -0.2) is 19.8 Å². The van der Waals surface area contributed by atoms with E-state index in [9.17, 15) is 30.4 Å². The summed E-state index contributed by atoms with van der Waals surface area (Å²) >= 11 is 2.74. The third kappa shape index (κ3) is 4.42. The van der Waals surface area contributed by atoms with Crippen molar-refractivity contribution in [1.29, 1.82) is 0 Å². The van der Waals surface area contributed by atoms with Gasteiger partial charge in [-0.3, -0.25) is 0 Å². The van der Waals surface area contributed by atoms with E-state index in [0.29, 0.717) is 0 Å². The van der Waals surface area contributed by atoms with Gasteiger partial charge >= 0.3 is 6.36 Å². The number of alkyl halides is 6. The van der Waals surface area contributed by atoms with Crippen LogP contribution < -0.4 is 4.74 Å². The van der Waals surface area contributed by atoms with E-state index in [-0.39, 0.29) is 11.4 Å². The minimum absolute atomic E-state index is 0.247. The van der Waals surface area contributed by atoms with E-state index >= 15 is 0 Å². The summed E-state index contributed by atoms with van der Waals surface area (Å²) in [5.74, 6) is -1.03. The van der Waals surface area contributed by atoms with Gasteiger partial charge in [-0.05, 0) is 6.07 Å². The lowest BCUT2D eigenvalue weighted by Gasteiger charge is -2.14. The zero-order chi connectivity index (χ0) is 15.7. The molecule has 0 unspecified atom stereocenters. The van der Waals surface area contributed by atoms with Crippen LogP contribution in [0.25, 0.3) is 0 Å². The largest absolute Gasteiger partial charge is 0.573 e. The van der Waals surface area contributed by atoms with Crippen molar-refractivity contribution < 1.29 is 35.1 Å². The van der Waals surface area contributed by atoms with E-state index in [4.69, 9.17) is 10.7 Å². The Balaban J connectivity index is 3.54. The maximum Gasteiger partial charge on any atom is 0.573 e. The lowest BCUT2D eigenvalue weighted by atomic mass is 10.2. The molecule has 0 aromatic carbocycles. The fourth-order valence-electron chi connectivity index (χ4n) is 1.19. The van der Waals surface area contributed by atoms with Gasteiger partial charge in [0.15, 0.2) is 10.8 Å². The highest BCUT2D eigenvalue weighted by Crippen LogP contribution is 2.35. The van der Waals surface area contributed by atoms with Crippen molar-refractivity contribution in [3.8, 4) is 5.75 Å². The van der Waals surface area contributed by atoms with Crippen LogP contribution in [0, 0.1) is 0 Å². The number of aromatic nitrogens is 1. The highest BCUT2D eigenvalue weighted by atomic mass is 79.9. The van der Waals surface area contributed by atoms with Crippen LogP contribution in [0.15, 0.2) is 11.1 Å². The molecule has 0 atom stereocenters. The maximum absolute atomic E-state index is 12.7. The smallest absolute Gasteiger partial charge is 0.404 e. The van der Waals surface area contributed by atoms with E-state index in [1.165, 1.54) is 0 Å². The normalized spacial score (nSPS) is 12.8. The van der Waals surface area contributed by atoms with Crippen molar-refractivity contribution in [2.75, 3.05) is 0 Å². The summed E-state index contributed by atoms with van der Waals surface area (Å²) in [6, 6.07) is 0.247. The minimum Gasteiger partial charge on any atom is -0.404 e. The lowest BCUT2D eigenvalue weighted by Crippen LogP contribution is -2.19. The van der Waals surface area contributed by atoms with Crippen molar-refractivity contribution >= 4 is 35.7 Å². The standard InChI is InChI=1S/C8H4BrClF5NO3S/c9-2-4-5(19-8(13,14)15)1-3(6(11)12)7(16-4)20(10,17)18/h1,6H,2H2.